The van der Waals surface area contributed by atoms with E-state index < -0.39 is 22.0 Å². The zero-order chi connectivity index (χ0) is 25.1. The minimum atomic E-state index is -0.548. The van der Waals surface area contributed by atoms with Gasteiger partial charge in [-0.25, -0.2) is 4.79 Å². The monoisotopic (exact) mass is 512 g/mol. The van der Waals surface area contributed by atoms with E-state index in [-0.39, 0.29) is 34.3 Å². The number of non-ortho nitro benzene ring substituents is 1. The van der Waals surface area contributed by atoms with Crippen molar-refractivity contribution >= 4 is 52.2 Å². The van der Waals surface area contributed by atoms with Gasteiger partial charge in [0.1, 0.15) is 11.5 Å². The Morgan fingerprint density at radius 2 is 1.91 bits per heavy atom. The fraction of sp³-hybridized carbons (Fsp3) is 0.125. The number of carbonyl (C=O) groups is 3. The van der Waals surface area contributed by atoms with Crippen LogP contribution in [0.3, 0.4) is 0 Å². The zero-order valence-corrected chi connectivity index (χ0v) is 19.8. The highest BCUT2D eigenvalue weighted by Gasteiger charge is 2.35. The molecule has 3 aromatic rings. The Bertz CT molecular complexity index is 1360. The van der Waals surface area contributed by atoms with Gasteiger partial charge < -0.3 is 9.15 Å². The molecule has 0 unspecified atom stereocenters. The number of nitrogens with zero attached hydrogens (tertiary/aromatic N) is 2. The number of thioether (sulfide) groups is 1. The summed E-state index contributed by atoms with van der Waals surface area (Å²) in [6.45, 7) is 1.90. The average Bonchev–Trinajstić information content (AvgIpc) is 3.40. The van der Waals surface area contributed by atoms with Crippen LogP contribution in [0.15, 0.2) is 63.9 Å². The maximum atomic E-state index is 12.8. The number of nitro benzene ring substituents is 1. The number of halogens is 1. The SMILES string of the molecule is CCOC(=O)c1cc(-c2ccc(/C=C3\SC(=O)N(Cc4ccc([N+](=O)[O-])cc4)C3=O)o2)ccc1Cl. The summed E-state index contributed by atoms with van der Waals surface area (Å²) in [5, 5.41) is 10.6. The number of furan rings is 1. The summed E-state index contributed by atoms with van der Waals surface area (Å²) in [5.74, 6) is -0.266. The van der Waals surface area contributed by atoms with Crippen LogP contribution in [0.2, 0.25) is 5.02 Å². The predicted molar refractivity (Wildman–Crippen MR) is 130 cm³/mol. The normalized spacial score (nSPS) is 14.6. The summed E-state index contributed by atoms with van der Waals surface area (Å²) in [6, 6.07) is 13.8. The summed E-state index contributed by atoms with van der Waals surface area (Å²) in [5.41, 5.74) is 1.30. The summed E-state index contributed by atoms with van der Waals surface area (Å²) in [4.78, 5) is 48.8. The largest absolute Gasteiger partial charge is 0.462 e. The van der Waals surface area contributed by atoms with Crippen molar-refractivity contribution in [1.29, 1.82) is 0 Å². The Morgan fingerprint density at radius 1 is 1.17 bits per heavy atom. The van der Waals surface area contributed by atoms with Gasteiger partial charge in [-0.2, -0.15) is 0 Å². The molecule has 2 amide bonds. The van der Waals surface area contributed by atoms with Gasteiger partial charge in [0.05, 0.1) is 33.6 Å². The van der Waals surface area contributed by atoms with Crippen LogP contribution in [0.25, 0.3) is 17.4 Å². The van der Waals surface area contributed by atoms with Crippen LogP contribution in [0, 0.1) is 10.1 Å². The van der Waals surface area contributed by atoms with Crippen molar-refractivity contribution in [3.8, 4) is 11.3 Å². The summed E-state index contributed by atoms with van der Waals surface area (Å²) in [6.07, 6.45) is 1.46. The number of amides is 2. The molecule has 11 heteroatoms. The number of imide groups is 1. The molecule has 0 N–H and O–H groups in total. The highest BCUT2D eigenvalue weighted by atomic mass is 35.5. The molecule has 2 aromatic carbocycles. The number of nitro groups is 1. The summed E-state index contributed by atoms with van der Waals surface area (Å²) >= 11 is 6.88. The minimum absolute atomic E-state index is 0.00911. The van der Waals surface area contributed by atoms with E-state index in [1.165, 1.54) is 30.3 Å². The van der Waals surface area contributed by atoms with E-state index in [2.05, 4.69) is 0 Å². The highest BCUT2D eigenvalue weighted by Crippen LogP contribution is 2.35. The van der Waals surface area contributed by atoms with E-state index in [0.29, 0.717) is 22.6 Å². The zero-order valence-electron chi connectivity index (χ0n) is 18.2. The maximum Gasteiger partial charge on any atom is 0.339 e. The van der Waals surface area contributed by atoms with E-state index in [4.69, 9.17) is 20.8 Å². The molecule has 0 spiro atoms. The molecule has 178 valence electrons. The van der Waals surface area contributed by atoms with Crippen LogP contribution in [-0.4, -0.2) is 33.5 Å². The van der Waals surface area contributed by atoms with E-state index >= 15 is 0 Å². The second-order valence-electron chi connectivity index (χ2n) is 7.31. The fourth-order valence-electron chi connectivity index (χ4n) is 3.30. The molecule has 9 nitrogen and oxygen atoms in total. The van der Waals surface area contributed by atoms with Gasteiger partial charge >= 0.3 is 5.97 Å². The number of hydrogen-bond donors (Lipinski definition) is 0. The maximum absolute atomic E-state index is 12.8. The van der Waals surface area contributed by atoms with E-state index in [1.54, 1.807) is 37.3 Å². The second-order valence-corrected chi connectivity index (χ2v) is 8.71. The molecule has 1 aliphatic heterocycles. The topological polar surface area (TPSA) is 120 Å². The van der Waals surface area contributed by atoms with Gasteiger partial charge in [0, 0.05) is 23.8 Å². The molecular formula is C24H17ClN2O7S. The van der Waals surface area contributed by atoms with Crippen molar-refractivity contribution in [2.24, 2.45) is 0 Å². The standard InChI is InChI=1S/C24H17ClN2O7S/c1-2-33-23(29)18-11-15(5-9-19(18)25)20-10-8-17(34-20)12-21-22(28)26(24(30)35-21)13-14-3-6-16(7-4-14)27(31)32/h3-12H,2,13H2,1H3/b21-12-. The van der Waals surface area contributed by atoms with E-state index in [1.807, 2.05) is 0 Å². The van der Waals surface area contributed by atoms with Crippen LogP contribution in [0.4, 0.5) is 10.5 Å². The summed E-state index contributed by atoms with van der Waals surface area (Å²) < 4.78 is 10.8. The van der Waals surface area contributed by atoms with Crippen molar-refractivity contribution in [1.82, 2.24) is 4.90 Å². The van der Waals surface area contributed by atoms with Crippen LogP contribution in [-0.2, 0) is 16.1 Å². The first-order chi connectivity index (χ1) is 16.8. The molecule has 0 aliphatic carbocycles. The molecule has 1 aromatic heterocycles. The number of esters is 1. The molecule has 4 rings (SSSR count). The smallest absolute Gasteiger partial charge is 0.339 e. The van der Waals surface area contributed by atoms with Gasteiger partial charge in [0.15, 0.2) is 0 Å². The second kappa shape index (κ2) is 10.2. The first-order valence-electron chi connectivity index (χ1n) is 10.3. The predicted octanol–water partition coefficient (Wildman–Crippen LogP) is 5.92. The molecule has 0 bridgehead atoms. The number of rotatable bonds is 7. The molecular weight excluding hydrogens is 496 g/mol. The molecule has 0 radical (unpaired) electrons. The molecule has 2 heterocycles. The third-order valence-corrected chi connectivity index (χ3v) is 6.24. The first-order valence-corrected chi connectivity index (χ1v) is 11.5. The fourth-order valence-corrected chi connectivity index (χ4v) is 4.31. The van der Waals surface area contributed by atoms with Crippen LogP contribution in [0.1, 0.15) is 28.6 Å². The molecule has 0 atom stereocenters. The molecule has 35 heavy (non-hydrogen) atoms. The Balaban J connectivity index is 1.51. The quantitative estimate of drug-likeness (QED) is 0.165. The van der Waals surface area contributed by atoms with E-state index in [9.17, 15) is 24.5 Å². The lowest BCUT2D eigenvalue weighted by Gasteiger charge is -2.12. The van der Waals surface area contributed by atoms with Gasteiger partial charge in [0.25, 0.3) is 16.8 Å². The van der Waals surface area contributed by atoms with Crippen LogP contribution < -0.4 is 0 Å². The lowest BCUT2D eigenvalue weighted by molar-refractivity contribution is -0.384. The Morgan fingerprint density at radius 3 is 2.60 bits per heavy atom. The van der Waals surface area contributed by atoms with Gasteiger partial charge in [-0.3, -0.25) is 24.6 Å². The van der Waals surface area contributed by atoms with E-state index in [0.717, 1.165) is 16.7 Å². The number of ether oxygens (including phenoxy) is 1. The summed E-state index contributed by atoms with van der Waals surface area (Å²) in [7, 11) is 0. The Kier molecular flexibility index (Phi) is 7.04. The van der Waals surface area contributed by atoms with Crippen LogP contribution >= 0.6 is 23.4 Å². The number of hydrogen-bond acceptors (Lipinski definition) is 8. The minimum Gasteiger partial charge on any atom is -0.462 e. The lowest BCUT2D eigenvalue weighted by atomic mass is 10.1. The number of benzene rings is 2. The molecule has 1 saturated heterocycles. The third-order valence-electron chi connectivity index (χ3n) is 5.01. The van der Waals surface area contributed by atoms with Crippen molar-refractivity contribution in [3.63, 3.8) is 0 Å². The van der Waals surface area contributed by atoms with Crippen LogP contribution in [0.5, 0.6) is 0 Å². The lowest BCUT2D eigenvalue weighted by Crippen LogP contribution is -2.27. The van der Waals surface area contributed by atoms with Crippen molar-refractivity contribution in [3.05, 3.63) is 91.5 Å². The van der Waals surface area contributed by atoms with Gasteiger partial charge in [-0.15, -0.1) is 0 Å². The highest BCUT2D eigenvalue weighted by molar-refractivity contribution is 8.18. The molecule has 1 fully saturated rings. The van der Waals surface area contributed by atoms with Crippen molar-refractivity contribution in [2.45, 2.75) is 13.5 Å². The third kappa shape index (κ3) is 5.28. The van der Waals surface area contributed by atoms with Gasteiger partial charge in [-0.05, 0) is 54.6 Å². The molecule has 0 saturated carbocycles. The van der Waals surface area contributed by atoms with Crippen molar-refractivity contribution in [2.75, 3.05) is 6.61 Å². The van der Waals surface area contributed by atoms with Gasteiger partial charge in [-0.1, -0.05) is 23.7 Å². The van der Waals surface area contributed by atoms with Gasteiger partial charge in [0.2, 0.25) is 0 Å². The average molecular weight is 513 g/mol. The Labute approximate surface area is 208 Å². The number of carbonyl (C=O) groups excluding carboxylic acids is 3. The molecule has 1 aliphatic rings. The Hall–Kier alpha value is -3.89. The first kappa shape index (κ1) is 24.2. The van der Waals surface area contributed by atoms with Crippen molar-refractivity contribution < 1.29 is 28.5 Å².